The van der Waals surface area contributed by atoms with Gasteiger partial charge in [-0.2, -0.15) is 4.98 Å². The number of carboxylic acids is 1. The molecule has 1 fully saturated rings. The smallest absolute Gasteiger partial charge is 0.342 e. The Bertz CT molecular complexity index is 976. The van der Waals surface area contributed by atoms with Gasteiger partial charge in [0.1, 0.15) is 16.4 Å². The number of hydrogen-bond donors (Lipinski definition) is 2. The van der Waals surface area contributed by atoms with Gasteiger partial charge in [-0.05, 0) is 18.2 Å². The largest absolute Gasteiger partial charge is 0.477 e. The van der Waals surface area contributed by atoms with Crippen molar-refractivity contribution >= 4 is 29.5 Å². The minimum Gasteiger partial charge on any atom is -0.477 e. The number of aromatic carboxylic acids is 1. The number of hydrogen-bond acceptors (Lipinski definition) is 7. The lowest BCUT2D eigenvalue weighted by molar-refractivity contribution is 0.0693. The van der Waals surface area contributed by atoms with Gasteiger partial charge in [0.15, 0.2) is 0 Å². The predicted octanol–water partition coefficient (Wildman–Crippen LogP) is 3.83. The summed E-state index contributed by atoms with van der Waals surface area (Å²) in [5.74, 6) is 0.550. The Kier molecular flexibility index (Phi) is 7.24. The molecule has 0 aliphatic carbocycles. The topological polar surface area (TPSA) is 81.6 Å². The van der Waals surface area contributed by atoms with Crippen LogP contribution in [0.4, 0.5) is 11.8 Å². The Morgan fingerprint density at radius 3 is 2.22 bits per heavy atom. The van der Waals surface area contributed by atoms with Crippen LogP contribution >= 0.6 is 11.8 Å². The van der Waals surface area contributed by atoms with Crippen molar-refractivity contribution in [2.24, 2.45) is 0 Å². The SMILES string of the molecule is CN1CCN(c2nc(NCc3ccccc3)c(C(=O)O)c(SCc3ccccc3)n2)CC1. The van der Waals surface area contributed by atoms with Crippen molar-refractivity contribution in [1.82, 2.24) is 14.9 Å². The van der Waals surface area contributed by atoms with Crippen molar-refractivity contribution in [2.45, 2.75) is 17.3 Å². The molecule has 1 aliphatic rings. The molecule has 0 bridgehead atoms. The van der Waals surface area contributed by atoms with Crippen molar-refractivity contribution in [1.29, 1.82) is 0 Å². The third kappa shape index (κ3) is 5.57. The standard InChI is InChI=1S/C24H27N5O2S/c1-28-12-14-29(15-13-28)24-26-21(25-16-18-8-4-2-5-9-18)20(23(30)31)22(27-24)32-17-19-10-6-3-7-11-19/h2-11H,12-17H2,1H3,(H,30,31)(H,25,26,27). The van der Waals surface area contributed by atoms with Crippen LogP contribution in [0.5, 0.6) is 0 Å². The highest BCUT2D eigenvalue weighted by Gasteiger charge is 2.24. The maximum Gasteiger partial charge on any atom is 0.342 e. The monoisotopic (exact) mass is 449 g/mol. The van der Waals surface area contributed by atoms with E-state index < -0.39 is 5.97 Å². The zero-order valence-corrected chi connectivity index (χ0v) is 18.9. The summed E-state index contributed by atoms with van der Waals surface area (Å²) >= 11 is 1.43. The van der Waals surface area contributed by atoms with E-state index in [9.17, 15) is 9.90 Å². The van der Waals surface area contributed by atoms with Gasteiger partial charge in [-0.25, -0.2) is 9.78 Å². The van der Waals surface area contributed by atoms with Crippen molar-refractivity contribution in [3.8, 4) is 0 Å². The number of nitrogens with one attached hydrogen (secondary N) is 1. The van der Waals surface area contributed by atoms with E-state index in [1.165, 1.54) is 11.8 Å². The number of aromatic nitrogens is 2. The van der Waals surface area contributed by atoms with Gasteiger partial charge in [-0.1, -0.05) is 60.7 Å². The first-order valence-electron chi connectivity index (χ1n) is 10.6. The van der Waals surface area contributed by atoms with Gasteiger partial charge in [-0.3, -0.25) is 0 Å². The average molecular weight is 450 g/mol. The van der Waals surface area contributed by atoms with Gasteiger partial charge < -0.3 is 20.2 Å². The fourth-order valence-electron chi connectivity index (χ4n) is 3.51. The van der Waals surface area contributed by atoms with Crippen LogP contribution in [-0.4, -0.2) is 59.2 Å². The molecule has 0 amide bonds. The predicted molar refractivity (Wildman–Crippen MR) is 128 cm³/mol. The molecule has 1 aromatic heterocycles. The van der Waals surface area contributed by atoms with E-state index in [1.807, 2.05) is 60.7 Å². The molecule has 8 heteroatoms. The van der Waals surface area contributed by atoms with E-state index in [1.54, 1.807) is 0 Å². The molecule has 1 saturated heterocycles. The van der Waals surface area contributed by atoms with Gasteiger partial charge in [0.25, 0.3) is 0 Å². The normalized spacial score (nSPS) is 14.3. The molecule has 2 N–H and O–H groups in total. The number of benzene rings is 2. The van der Waals surface area contributed by atoms with Crippen LogP contribution in [0.25, 0.3) is 0 Å². The summed E-state index contributed by atoms with van der Waals surface area (Å²) in [6.45, 7) is 3.95. The second kappa shape index (κ2) is 10.5. The molecule has 0 atom stereocenters. The van der Waals surface area contributed by atoms with E-state index in [2.05, 4.69) is 27.1 Å². The van der Waals surface area contributed by atoms with Gasteiger partial charge >= 0.3 is 5.97 Å². The first-order valence-corrected chi connectivity index (χ1v) is 11.6. The second-order valence-corrected chi connectivity index (χ2v) is 8.73. The summed E-state index contributed by atoms with van der Waals surface area (Å²) in [6.07, 6.45) is 0. The summed E-state index contributed by atoms with van der Waals surface area (Å²) in [5, 5.41) is 13.8. The van der Waals surface area contributed by atoms with Crippen molar-refractivity contribution in [3.05, 3.63) is 77.4 Å². The second-order valence-electron chi connectivity index (χ2n) is 7.76. The molecule has 3 aromatic rings. The number of thioether (sulfide) groups is 1. The summed E-state index contributed by atoms with van der Waals surface area (Å²) in [6, 6.07) is 19.9. The molecule has 7 nitrogen and oxygen atoms in total. The molecule has 2 heterocycles. The summed E-state index contributed by atoms with van der Waals surface area (Å²) < 4.78 is 0. The highest BCUT2D eigenvalue weighted by atomic mass is 32.2. The maximum atomic E-state index is 12.2. The summed E-state index contributed by atoms with van der Waals surface area (Å²) in [4.78, 5) is 26.0. The Balaban J connectivity index is 1.66. The first kappa shape index (κ1) is 22.1. The average Bonchev–Trinajstić information content (AvgIpc) is 2.82. The Morgan fingerprint density at radius 1 is 0.969 bits per heavy atom. The van der Waals surface area contributed by atoms with Gasteiger partial charge in [-0.15, -0.1) is 11.8 Å². The first-order chi connectivity index (χ1) is 15.6. The molecule has 166 valence electrons. The molecule has 0 saturated carbocycles. The molecular formula is C24H27N5O2S. The Hall–Kier alpha value is -3.10. The lowest BCUT2D eigenvalue weighted by Gasteiger charge is -2.32. The Labute approximate surface area is 192 Å². The number of piperazine rings is 1. The zero-order chi connectivity index (χ0) is 22.3. The van der Waals surface area contributed by atoms with E-state index in [4.69, 9.17) is 4.98 Å². The van der Waals surface area contributed by atoms with Crippen LogP contribution in [-0.2, 0) is 12.3 Å². The fraction of sp³-hybridized carbons (Fsp3) is 0.292. The molecular weight excluding hydrogens is 422 g/mol. The van der Waals surface area contributed by atoms with E-state index >= 15 is 0 Å². The van der Waals surface area contributed by atoms with Gasteiger partial charge in [0.2, 0.25) is 5.95 Å². The van der Waals surface area contributed by atoms with Crippen LogP contribution in [0.15, 0.2) is 65.7 Å². The third-order valence-corrected chi connectivity index (χ3v) is 6.43. The molecule has 32 heavy (non-hydrogen) atoms. The van der Waals surface area contributed by atoms with E-state index in [0.29, 0.717) is 29.1 Å². The molecule has 0 spiro atoms. The van der Waals surface area contributed by atoms with Crippen molar-refractivity contribution in [3.63, 3.8) is 0 Å². The number of nitrogens with zero attached hydrogens (tertiary/aromatic N) is 4. The molecule has 0 unspecified atom stereocenters. The van der Waals surface area contributed by atoms with Crippen molar-refractivity contribution < 1.29 is 9.90 Å². The van der Waals surface area contributed by atoms with Crippen LogP contribution < -0.4 is 10.2 Å². The summed E-state index contributed by atoms with van der Waals surface area (Å²) in [5.41, 5.74) is 2.30. The van der Waals surface area contributed by atoms with Crippen LogP contribution in [0, 0.1) is 0 Å². The Morgan fingerprint density at radius 2 is 1.59 bits per heavy atom. The van der Waals surface area contributed by atoms with Crippen LogP contribution in [0.1, 0.15) is 21.5 Å². The number of carbonyl (C=O) groups is 1. The van der Waals surface area contributed by atoms with E-state index in [-0.39, 0.29) is 5.56 Å². The zero-order valence-electron chi connectivity index (χ0n) is 18.1. The fourth-order valence-corrected chi connectivity index (χ4v) is 4.48. The van der Waals surface area contributed by atoms with Crippen molar-refractivity contribution in [2.75, 3.05) is 43.4 Å². The van der Waals surface area contributed by atoms with Crippen LogP contribution in [0.3, 0.4) is 0 Å². The minimum atomic E-state index is -1.03. The number of anilines is 2. The molecule has 4 rings (SSSR count). The summed E-state index contributed by atoms with van der Waals surface area (Å²) in [7, 11) is 2.10. The molecule has 1 aliphatic heterocycles. The minimum absolute atomic E-state index is 0.125. The molecule has 0 radical (unpaired) electrons. The lowest BCUT2D eigenvalue weighted by atomic mass is 10.2. The highest BCUT2D eigenvalue weighted by Crippen LogP contribution is 2.31. The maximum absolute atomic E-state index is 12.2. The highest BCUT2D eigenvalue weighted by molar-refractivity contribution is 7.98. The lowest BCUT2D eigenvalue weighted by Crippen LogP contribution is -2.45. The van der Waals surface area contributed by atoms with Gasteiger partial charge in [0.05, 0.1) is 0 Å². The van der Waals surface area contributed by atoms with Gasteiger partial charge in [0, 0.05) is 38.5 Å². The number of rotatable bonds is 8. The van der Waals surface area contributed by atoms with E-state index in [0.717, 1.165) is 37.3 Å². The third-order valence-electron chi connectivity index (χ3n) is 5.39. The molecule has 2 aromatic carbocycles. The van der Waals surface area contributed by atoms with Crippen LogP contribution in [0.2, 0.25) is 0 Å². The quantitative estimate of drug-likeness (QED) is 0.397. The number of carboxylic acid groups (broad SMARTS) is 1. The number of likely N-dealkylation sites (N-methyl/N-ethyl adjacent to an activating group) is 1.